The van der Waals surface area contributed by atoms with Crippen molar-refractivity contribution in [1.82, 2.24) is 9.88 Å². The van der Waals surface area contributed by atoms with Crippen molar-refractivity contribution in [2.24, 2.45) is 17.6 Å². The van der Waals surface area contributed by atoms with Gasteiger partial charge in [-0.25, -0.2) is 4.98 Å². The molecule has 3 rings (SSSR count). The van der Waals surface area contributed by atoms with Gasteiger partial charge in [-0.15, -0.1) is 0 Å². The maximum absolute atomic E-state index is 12.5. The summed E-state index contributed by atoms with van der Waals surface area (Å²) < 4.78 is 5.61. The van der Waals surface area contributed by atoms with Gasteiger partial charge in [-0.05, 0) is 37.7 Å². The molecule has 2 heterocycles. The zero-order valence-electron chi connectivity index (χ0n) is 12.5. The highest BCUT2D eigenvalue weighted by Crippen LogP contribution is 2.29. The number of amides is 2. The molecule has 0 spiro atoms. The predicted octanol–water partition coefficient (Wildman–Crippen LogP) is 1.21. The van der Waals surface area contributed by atoms with Crippen LogP contribution in [0.15, 0.2) is 18.3 Å². The number of likely N-dealkylation sites (tertiary alicyclic amines) is 1. The molecule has 2 amide bonds. The third kappa shape index (κ3) is 3.55. The zero-order chi connectivity index (χ0) is 15.5. The summed E-state index contributed by atoms with van der Waals surface area (Å²) in [6.07, 6.45) is 5.31. The highest BCUT2D eigenvalue weighted by Gasteiger charge is 2.27. The molecule has 0 bridgehead atoms. The molecule has 1 saturated heterocycles. The molecule has 1 aliphatic carbocycles. The number of pyridine rings is 1. The van der Waals surface area contributed by atoms with Gasteiger partial charge in [-0.1, -0.05) is 0 Å². The third-order valence-electron chi connectivity index (χ3n) is 4.33. The minimum absolute atomic E-state index is 0.0402. The van der Waals surface area contributed by atoms with E-state index in [2.05, 4.69) is 4.98 Å². The summed E-state index contributed by atoms with van der Waals surface area (Å²) in [5.41, 5.74) is 5.90. The van der Waals surface area contributed by atoms with Gasteiger partial charge < -0.3 is 15.4 Å². The van der Waals surface area contributed by atoms with Gasteiger partial charge in [0, 0.05) is 36.8 Å². The van der Waals surface area contributed by atoms with Crippen molar-refractivity contribution in [2.75, 3.05) is 19.7 Å². The minimum Gasteiger partial charge on any atom is -0.477 e. The van der Waals surface area contributed by atoms with Crippen molar-refractivity contribution in [3.63, 3.8) is 0 Å². The molecule has 2 N–H and O–H groups in total. The van der Waals surface area contributed by atoms with Gasteiger partial charge in [-0.2, -0.15) is 0 Å². The lowest BCUT2D eigenvalue weighted by Crippen LogP contribution is -2.41. The van der Waals surface area contributed by atoms with Crippen molar-refractivity contribution in [3.05, 3.63) is 23.9 Å². The molecule has 1 aromatic rings. The van der Waals surface area contributed by atoms with Gasteiger partial charge in [-0.3, -0.25) is 9.59 Å². The Morgan fingerprint density at radius 2 is 2.00 bits per heavy atom. The molecule has 0 unspecified atom stereocenters. The second-order valence-electron chi connectivity index (χ2n) is 6.11. The summed E-state index contributed by atoms with van der Waals surface area (Å²) >= 11 is 0. The van der Waals surface area contributed by atoms with Crippen LogP contribution in [-0.4, -0.2) is 41.4 Å². The van der Waals surface area contributed by atoms with E-state index in [1.807, 2.05) is 0 Å². The lowest BCUT2D eigenvalue weighted by molar-refractivity contribution is -0.123. The molecule has 6 heteroatoms. The number of carbonyl (C=O) groups is 2. The van der Waals surface area contributed by atoms with Crippen molar-refractivity contribution < 1.29 is 14.3 Å². The second-order valence-corrected chi connectivity index (χ2v) is 6.11. The van der Waals surface area contributed by atoms with E-state index in [4.69, 9.17) is 10.5 Å². The number of hydrogen-bond donors (Lipinski definition) is 1. The Balaban J connectivity index is 1.59. The Morgan fingerprint density at radius 1 is 1.27 bits per heavy atom. The zero-order valence-corrected chi connectivity index (χ0v) is 12.5. The summed E-state index contributed by atoms with van der Waals surface area (Å²) in [5.74, 6) is 0.728. The average molecular weight is 303 g/mol. The number of ether oxygens (including phenoxy) is 1. The van der Waals surface area contributed by atoms with Crippen molar-refractivity contribution in [3.8, 4) is 5.88 Å². The van der Waals surface area contributed by atoms with E-state index in [0.29, 0.717) is 49.9 Å². The average Bonchev–Trinajstić information content (AvgIpc) is 3.37. The molecule has 1 saturated carbocycles. The topological polar surface area (TPSA) is 85.5 Å². The Kier molecular flexibility index (Phi) is 4.27. The molecule has 0 radical (unpaired) electrons. The van der Waals surface area contributed by atoms with Crippen LogP contribution in [0.3, 0.4) is 0 Å². The number of aromatic nitrogens is 1. The van der Waals surface area contributed by atoms with Crippen LogP contribution in [0.5, 0.6) is 5.88 Å². The van der Waals surface area contributed by atoms with Crippen LogP contribution in [0, 0.1) is 11.8 Å². The van der Waals surface area contributed by atoms with Crippen LogP contribution in [0.2, 0.25) is 0 Å². The lowest BCUT2D eigenvalue weighted by atomic mass is 9.96. The SMILES string of the molecule is NC(=O)C1CCN(C(=O)c2ccnc(OCC3CC3)c2)CC1. The standard InChI is InChI=1S/C16H21N3O3/c17-15(20)12-4-7-19(8-5-12)16(21)13-3-6-18-14(9-13)22-10-11-1-2-11/h3,6,9,11-12H,1-2,4-5,7-8,10H2,(H2,17,20). The van der Waals surface area contributed by atoms with Crippen LogP contribution < -0.4 is 10.5 Å². The first-order valence-corrected chi connectivity index (χ1v) is 7.81. The Hall–Kier alpha value is -2.11. The van der Waals surface area contributed by atoms with Crippen molar-refractivity contribution >= 4 is 11.8 Å². The smallest absolute Gasteiger partial charge is 0.254 e. The lowest BCUT2D eigenvalue weighted by Gasteiger charge is -2.30. The maximum Gasteiger partial charge on any atom is 0.254 e. The second kappa shape index (κ2) is 6.34. The van der Waals surface area contributed by atoms with Gasteiger partial charge in [0.1, 0.15) is 0 Å². The third-order valence-corrected chi connectivity index (χ3v) is 4.33. The summed E-state index contributed by atoms with van der Waals surface area (Å²) in [6.45, 7) is 1.80. The normalized spacial score (nSPS) is 19.0. The van der Waals surface area contributed by atoms with Crippen LogP contribution in [0.1, 0.15) is 36.0 Å². The fourth-order valence-corrected chi connectivity index (χ4v) is 2.66. The van der Waals surface area contributed by atoms with Crippen LogP contribution in [-0.2, 0) is 4.79 Å². The van der Waals surface area contributed by atoms with Gasteiger partial charge in [0.2, 0.25) is 11.8 Å². The van der Waals surface area contributed by atoms with E-state index >= 15 is 0 Å². The number of piperidine rings is 1. The minimum atomic E-state index is -0.272. The maximum atomic E-state index is 12.5. The molecular weight excluding hydrogens is 282 g/mol. The summed E-state index contributed by atoms with van der Waals surface area (Å²) in [6, 6.07) is 3.40. The molecule has 0 atom stereocenters. The molecule has 2 aliphatic rings. The summed E-state index contributed by atoms with van der Waals surface area (Å²) in [5, 5.41) is 0. The van der Waals surface area contributed by atoms with Crippen LogP contribution >= 0.6 is 0 Å². The van der Waals surface area contributed by atoms with Crippen molar-refractivity contribution in [2.45, 2.75) is 25.7 Å². The van der Waals surface area contributed by atoms with Gasteiger partial charge >= 0.3 is 0 Å². The summed E-state index contributed by atoms with van der Waals surface area (Å²) in [4.78, 5) is 29.6. The molecule has 118 valence electrons. The van der Waals surface area contributed by atoms with E-state index in [-0.39, 0.29) is 17.7 Å². The summed E-state index contributed by atoms with van der Waals surface area (Å²) in [7, 11) is 0. The molecule has 2 fully saturated rings. The fourth-order valence-electron chi connectivity index (χ4n) is 2.66. The van der Waals surface area contributed by atoms with E-state index in [1.165, 1.54) is 12.8 Å². The van der Waals surface area contributed by atoms with Gasteiger partial charge in [0.25, 0.3) is 5.91 Å². The van der Waals surface area contributed by atoms with E-state index < -0.39 is 0 Å². The van der Waals surface area contributed by atoms with Gasteiger partial charge in [0.15, 0.2) is 0 Å². The molecule has 0 aromatic carbocycles. The Morgan fingerprint density at radius 3 is 2.64 bits per heavy atom. The van der Waals surface area contributed by atoms with Crippen LogP contribution in [0.4, 0.5) is 0 Å². The largest absolute Gasteiger partial charge is 0.477 e. The van der Waals surface area contributed by atoms with Crippen molar-refractivity contribution in [1.29, 1.82) is 0 Å². The first-order chi connectivity index (χ1) is 10.6. The quantitative estimate of drug-likeness (QED) is 0.886. The molecule has 6 nitrogen and oxygen atoms in total. The first-order valence-electron chi connectivity index (χ1n) is 7.81. The highest BCUT2D eigenvalue weighted by atomic mass is 16.5. The monoisotopic (exact) mass is 303 g/mol. The van der Waals surface area contributed by atoms with E-state index in [0.717, 1.165) is 0 Å². The first kappa shape index (κ1) is 14.8. The molecule has 1 aromatic heterocycles. The number of primary amides is 1. The molecular formula is C16H21N3O3. The highest BCUT2D eigenvalue weighted by molar-refractivity contribution is 5.94. The number of nitrogens with two attached hydrogens (primary N) is 1. The van der Waals surface area contributed by atoms with E-state index in [9.17, 15) is 9.59 Å². The van der Waals surface area contributed by atoms with Crippen LogP contribution in [0.25, 0.3) is 0 Å². The number of nitrogens with zero attached hydrogens (tertiary/aromatic N) is 2. The molecule has 22 heavy (non-hydrogen) atoms. The number of rotatable bonds is 5. The fraction of sp³-hybridized carbons (Fsp3) is 0.562. The van der Waals surface area contributed by atoms with E-state index in [1.54, 1.807) is 23.2 Å². The number of carbonyl (C=O) groups excluding carboxylic acids is 2. The predicted molar refractivity (Wildman–Crippen MR) is 80.3 cm³/mol. The van der Waals surface area contributed by atoms with Gasteiger partial charge in [0.05, 0.1) is 6.61 Å². The molecule has 1 aliphatic heterocycles. The Labute approximate surface area is 129 Å². The Bertz CT molecular complexity index is 564. The number of hydrogen-bond acceptors (Lipinski definition) is 4.